The predicted molar refractivity (Wildman–Crippen MR) is 97.4 cm³/mol. The second-order valence-electron chi connectivity index (χ2n) is 5.82. The number of aromatic nitrogens is 3. The van der Waals surface area contributed by atoms with Crippen LogP contribution in [0.15, 0.2) is 34.5 Å². The molecule has 1 N–H and O–H groups in total. The molecule has 0 aromatic carbocycles. The van der Waals surface area contributed by atoms with Gasteiger partial charge < -0.3 is 5.32 Å². The summed E-state index contributed by atoms with van der Waals surface area (Å²) in [7, 11) is 0. The summed E-state index contributed by atoms with van der Waals surface area (Å²) < 4.78 is 1.74. The molecule has 3 rings (SSSR count). The van der Waals surface area contributed by atoms with Crippen LogP contribution in [0.1, 0.15) is 41.0 Å². The van der Waals surface area contributed by atoms with Gasteiger partial charge in [0.1, 0.15) is 11.0 Å². The quantitative estimate of drug-likeness (QED) is 0.729. The Morgan fingerprint density at radius 2 is 2.17 bits per heavy atom. The summed E-state index contributed by atoms with van der Waals surface area (Å²) in [5, 5.41) is 14.5. The van der Waals surface area contributed by atoms with Gasteiger partial charge in [-0.3, -0.25) is 9.48 Å². The highest BCUT2D eigenvalue weighted by molar-refractivity contribution is 7.09. The maximum atomic E-state index is 12.7. The summed E-state index contributed by atoms with van der Waals surface area (Å²) in [6.45, 7) is 5.78. The van der Waals surface area contributed by atoms with Crippen LogP contribution < -0.4 is 5.32 Å². The van der Waals surface area contributed by atoms with Gasteiger partial charge in [-0.1, -0.05) is 0 Å². The molecule has 126 valence electrons. The van der Waals surface area contributed by atoms with Gasteiger partial charge in [0.15, 0.2) is 0 Å². The van der Waals surface area contributed by atoms with E-state index >= 15 is 0 Å². The van der Waals surface area contributed by atoms with Crippen LogP contribution in [0.25, 0.3) is 0 Å². The molecule has 5 nitrogen and oxygen atoms in total. The minimum atomic E-state index is -0.356. The Bertz CT molecular complexity index is 806. The van der Waals surface area contributed by atoms with Gasteiger partial charge >= 0.3 is 0 Å². The van der Waals surface area contributed by atoms with Crippen molar-refractivity contribution in [3.05, 3.63) is 56.4 Å². The van der Waals surface area contributed by atoms with Crippen molar-refractivity contribution in [2.75, 3.05) is 0 Å². The van der Waals surface area contributed by atoms with Crippen LogP contribution in [0.2, 0.25) is 0 Å². The minimum Gasteiger partial charge on any atom is -0.345 e. The number of carbonyl (C=O) groups excluding carboxylic acids is 1. The largest absolute Gasteiger partial charge is 0.345 e. The molecule has 0 saturated carbocycles. The summed E-state index contributed by atoms with van der Waals surface area (Å²) in [5.74, 6) is -0.0464. The lowest BCUT2D eigenvalue weighted by atomic mass is 10.1. The number of hydrogen-bond acceptors (Lipinski definition) is 5. The molecule has 1 amide bonds. The lowest BCUT2D eigenvalue weighted by molar-refractivity contribution is -0.125. The first-order valence-corrected chi connectivity index (χ1v) is 9.60. The zero-order valence-electron chi connectivity index (χ0n) is 13.9. The summed E-state index contributed by atoms with van der Waals surface area (Å²) in [6.07, 6.45) is 2.46. The van der Waals surface area contributed by atoms with E-state index in [2.05, 4.69) is 32.2 Å². The molecule has 3 heterocycles. The number of rotatable bonds is 6. The number of thiazole rings is 1. The Morgan fingerprint density at radius 1 is 1.33 bits per heavy atom. The Labute approximate surface area is 149 Å². The fourth-order valence-electron chi connectivity index (χ4n) is 2.57. The van der Waals surface area contributed by atoms with Gasteiger partial charge in [-0.05, 0) is 49.2 Å². The van der Waals surface area contributed by atoms with Crippen LogP contribution in [0.3, 0.4) is 0 Å². The Kier molecular flexibility index (Phi) is 5.11. The van der Waals surface area contributed by atoms with Crippen molar-refractivity contribution in [2.24, 2.45) is 0 Å². The van der Waals surface area contributed by atoms with Crippen molar-refractivity contribution in [3.63, 3.8) is 0 Å². The van der Waals surface area contributed by atoms with E-state index in [1.165, 1.54) is 5.56 Å². The molecule has 0 aliphatic rings. The first-order valence-electron chi connectivity index (χ1n) is 7.78. The van der Waals surface area contributed by atoms with E-state index < -0.39 is 0 Å². The molecule has 0 aliphatic heterocycles. The smallest absolute Gasteiger partial charge is 0.245 e. The molecule has 0 spiro atoms. The van der Waals surface area contributed by atoms with E-state index in [0.717, 1.165) is 22.8 Å². The number of amides is 1. The first kappa shape index (κ1) is 16.9. The standard InChI is InChI=1S/C17H20N4OS2/c1-11-9-24-17(19-11)15(8-14-5-7-23-10-14)20-16(22)13(3)21-12(2)4-6-18-21/h4-7,9-10,13,15H,8H2,1-3H3,(H,20,22)/t13-,15+/m0/s1. The third kappa shape index (κ3) is 3.73. The molecule has 2 atom stereocenters. The van der Waals surface area contributed by atoms with Crippen molar-refractivity contribution in [1.29, 1.82) is 0 Å². The van der Waals surface area contributed by atoms with Crippen LogP contribution >= 0.6 is 22.7 Å². The van der Waals surface area contributed by atoms with Crippen LogP contribution in [-0.2, 0) is 11.2 Å². The van der Waals surface area contributed by atoms with Gasteiger partial charge in [-0.15, -0.1) is 11.3 Å². The average molecular weight is 361 g/mol. The number of nitrogens with one attached hydrogen (secondary N) is 1. The SMILES string of the molecule is Cc1csc([C@@H](Cc2ccsc2)NC(=O)[C@H](C)n2nccc2C)n1. The minimum absolute atomic E-state index is 0.0464. The molecule has 0 fully saturated rings. The topological polar surface area (TPSA) is 59.8 Å². The van der Waals surface area contributed by atoms with Crippen molar-refractivity contribution < 1.29 is 4.79 Å². The molecule has 0 unspecified atom stereocenters. The third-order valence-electron chi connectivity index (χ3n) is 3.89. The zero-order valence-corrected chi connectivity index (χ0v) is 15.5. The molecule has 3 aromatic heterocycles. The van der Waals surface area contributed by atoms with Crippen LogP contribution in [0.4, 0.5) is 0 Å². The normalized spacial score (nSPS) is 13.6. The summed E-state index contributed by atoms with van der Waals surface area (Å²) in [6, 6.07) is 3.51. The average Bonchev–Trinajstić information content (AvgIpc) is 3.28. The number of hydrogen-bond donors (Lipinski definition) is 1. The van der Waals surface area contributed by atoms with E-state index in [1.807, 2.05) is 32.2 Å². The number of nitrogens with zero attached hydrogens (tertiary/aromatic N) is 3. The molecule has 24 heavy (non-hydrogen) atoms. The van der Waals surface area contributed by atoms with E-state index in [-0.39, 0.29) is 18.0 Å². The number of thiophene rings is 1. The Morgan fingerprint density at radius 3 is 2.75 bits per heavy atom. The van der Waals surface area contributed by atoms with Gasteiger partial charge in [0.05, 0.1) is 6.04 Å². The van der Waals surface area contributed by atoms with Gasteiger partial charge in [0, 0.05) is 29.4 Å². The zero-order chi connectivity index (χ0) is 17.1. The highest BCUT2D eigenvalue weighted by Gasteiger charge is 2.23. The van der Waals surface area contributed by atoms with E-state index in [1.54, 1.807) is 33.6 Å². The van der Waals surface area contributed by atoms with Crippen molar-refractivity contribution in [3.8, 4) is 0 Å². The monoisotopic (exact) mass is 360 g/mol. The summed E-state index contributed by atoms with van der Waals surface area (Å²) in [4.78, 5) is 17.3. The molecular formula is C17H20N4OS2. The lowest BCUT2D eigenvalue weighted by Gasteiger charge is -2.20. The van der Waals surface area contributed by atoms with E-state index in [9.17, 15) is 4.79 Å². The van der Waals surface area contributed by atoms with Crippen molar-refractivity contribution in [2.45, 2.75) is 39.3 Å². The molecule has 0 bridgehead atoms. The summed E-state index contributed by atoms with van der Waals surface area (Å²) >= 11 is 3.25. The first-order chi connectivity index (χ1) is 11.5. The third-order valence-corrected chi connectivity index (χ3v) is 5.69. The maximum Gasteiger partial charge on any atom is 0.245 e. The fourth-order valence-corrected chi connectivity index (χ4v) is 4.09. The molecule has 0 saturated heterocycles. The number of aryl methyl sites for hydroxylation is 2. The van der Waals surface area contributed by atoms with E-state index in [4.69, 9.17) is 0 Å². The van der Waals surface area contributed by atoms with Gasteiger partial charge in [-0.2, -0.15) is 16.4 Å². The second-order valence-corrected chi connectivity index (χ2v) is 7.49. The Balaban J connectivity index is 1.78. The molecule has 7 heteroatoms. The highest BCUT2D eigenvalue weighted by atomic mass is 32.1. The maximum absolute atomic E-state index is 12.7. The van der Waals surface area contributed by atoms with Gasteiger partial charge in [0.2, 0.25) is 5.91 Å². The predicted octanol–water partition coefficient (Wildman–Crippen LogP) is 3.68. The lowest BCUT2D eigenvalue weighted by Crippen LogP contribution is -2.35. The second kappa shape index (κ2) is 7.27. The molecule has 3 aromatic rings. The van der Waals surface area contributed by atoms with E-state index in [0.29, 0.717) is 0 Å². The van der Waals surface area contributed by atoms with Crippen LogP contribution in [0.5, 0.6) is 0 Å². The molecular weight excluding hydrogens is 340 g/mol. The van der Waals surface area contributed by atoms with Crippen molar-refractivity contribution >= 4 is 28.6 Å². The molecule has 0 radical (unpaired) electrons. The van der Waals surface area contributed by atoms with Gasteiger partial charge in [-0.25, -0.2) is 4.98 Å². The highest BCUT2D eigenvalue weighted by Crippen LogP contribution is 2.24. The van der Waals surface area contributed by atoms with Crippen LogP contribution in [0, 0.1) is 13.8 Å². The molecule has 0 aliphatic carbocycles. The summed E-state index contributed by atoms with van der Waals surface area (Å²) in [5.41, 5.74) is 3.16. The van der Waals surface area contributed by atoms with Crippen LogP contribution in [-0.4, -0.2) is 20.7 Å². The fraction of sp³-hybridized carbons (Fsp3) is 0.353. The van der Waals surface area contributed by atoms with Gasteiger partial charge in [0.25, 0.3) is 0 Å². The van der Waals surface area contributed by atoms with Crippen molar-refractivity contribution in [1.82, 2.24) is 20.1 Å². The number of carbonyl (C=O) groups is 1. The Hall–Kier alpha value is -1.99.